The van der Waals surface area contributed by atoms with E-state index in [1.807, 2.05) is 17.5 Å². The van der Waals surface area contributed by atoms with Gasteiger partial charge in [-0.15, -0.1) is 11.3 Å². The van der Waals surface area contributed by atoms with Crippen molar-refractivity contribution in [3.63, 3.8) is 0 Å². The lowest BCUT2D eigenvalue weighted by Gasteiger charge is -2.17. The number of anilines is 1. The molecule has 3 rings (SSSR count). The maximum Gasteiger partial charge on any atom is 0.311 e. The molecular weight excluding hydrogens is 458 g/mol. The van der Waals surface area contributed by atoms with Crippen LogP contribution in [0, 0.1) is 0 Å². The molecule has 1 aromatic carbocycles. The monoisotopic (exact) mass is 481 g/mol. The Bertz CT molecular complexity index is 865. The van der Waals surface area contributed by atoms with Crippen LogP contribution in [0.4, 0.5) is 5.13 Å². The molecule has 1 aliphatic carbocycles. The molecule has 9 heteroatoms. The van der Waals surface area contributed by atoms with Gasteiger partial charge in [-0.3, -0.25) is 10.2 Å². The molecule has 1 heterocycles. The number of methoxy groups -OCH3 is 1. The number of hydrogen-bond donors (Lipinski definition) is 1. The van der Waals surface area contributed by atoms with Gasteiger partial charge in [-0.25, -0.2) is 4.98 Å². The van der Waals surface area contributed by atoms with Crippen molar-refractivity contribution in [3.8, 4) is 11.5 Å². The quantitative estimate of drug-likeness (QED) is 0.315. The second kappa shape index (κ2) is 10.6. The average molecular weight is 482 g/mol. The van der Waals surface area contributed by atoms with E-state index in [-0.39, 0.29) is 18.5 Å². The molecule has 1 N–H and O–H groups in total. The lowest BCUT2D eigenvalue weighted by atomic mass is 10.2. The molecule has 0 unspecified atom stereocenters. The number of halogens is 1. The van der Waals surface area contributed by atoms with Crippen molar-refractivity contribution in [2.24, 2.45) is 5.10 Å². The number of hydrazone groups is 1. The molecule has 7 nitrogen and oxygen atoms in total. The number of benzene rings is 1. The Balaban J connectivity index is 1.62. The third-order valence-electron chi connectivity index (χ3n) is 4.39. The first-order valence-electron chi connectivity index (χ1n) is 9.52. The number of nitrogens with zero attached hydrogens (tertiary/aromatic N) is 2. The summed E-state index contributed by atoms with van der Waals surface area (Å²) in [6, 6.07) is 3.82. The lowest BCUT2D eigenvalue weighted by molar-refractivity contribution is -0.142. The van der Waals surface area contributed by atoms with Crippen LogP contribution in [0.25, 0.3) is 0 Å². The summed E-state index contributed by atoms with van der Waals surface area (Å²) in [5, 5.41) is 6.64. The van der Waals surface area contributed by atoms with Gasteiger partial charge in [-0.2, -0.15) is 5.10 Å². The number of rotatable bonds is 9. The maximum atomic E-state index is 11.5. The van der Waals surface area contributed by atoms with Crippen molar-refractivity contribution in [3.05, 3.63) is 33.2 Å². The summed E-state index contributed by atoms with van der Waals surface area (Å²) in [4.78, 5) is 15.8. The molecule has 0 aliphatic heterocycles. The van der Waals surface area contributed by atoms with Gasteiger partial charge >= 0.3 is 5.97 Å². The van der Waals surface area contributed by atoms with Crippen molar-refractivity contribution in [2.45, 2.75) is 45.1 Å². The van der Waals surface area contributed by atoms with Crippen molar-refractivity contribution >= 4 is 44.6 Å². The summed E-state index contributed by atoms with van der Waals surface area (Å²) in [7, 11) is 1.63. The van der Waals surface area contributed by atoms with Gasteiger partial charge in [-0.05, 0) is 66.2 Å². The number of ether oxygens (including phenoxy) is 3. The Morgan fingerprint density at radius 1 is 1.41 bits per heavy atom. The third-order valence-corrected chi connectivity index (χ3v) is 5.78. The topological polar surface area (TPSA) is 82.0 Å². The van der Waals surface area contributed by atoms with E-state index in [1.165, 1.54) is 24.2 Å². The first-order valence-corrected chi connectivity index (χ1v) is 11.2. The average Bonchev–Trinajstić information content (AvgIpc) is 3.36. The first-order chi connectivity index (χ1) is 14.1. The third kappa shape index (κ3) is 6.17. The summed E-state index contributed by atoms with van der Waals surface area (Å²) in [5.74, 6) is 1.11. The fourth-order valence-corrected chi connectivity index (χ4v) is 4.28. The Morgan fingerprint density at radius 2 is 2.21 bits per heavy atom. The summed E-state index contributed by atoms with van der Waals surface area (Å²) in [6.45, 7) is 2.14. The van der Waals surface area contributed by atoms with Crippen LogP contribution >= 0.6 is 27.3 Å². The van der Waals surface area contributed by atoms with E-state index >= 15 is 0 Å². The molecular formula is C20H24BrN3O4S. The second-order valence-corrected chi connectivity index (χ2v) is 8.27. The van der Waals surface area contributed by atoms with Gasteiger partial charge in [0.2, 0.25) is 5.13 Å². The van der Waals surface area contributed by atoms with Crippen LogP contribution in [0.3, 0.4) is 0 Å². The molecule has 1 saturated carbocycles. The number of hydrogen-bond acceptors (Lipinski definition) is 8. The number of esters is 1. The summed E-state index contributed by atoms with van der Waals surface area (Å²) in [6.07, 6.45) is 6.65. The minimum Gasteiger partial charge on any atom is -0.493 e. The van der Waals surface area contributed by atoms with Crippen LogP contribution in [-0.4, -0.2) is 37.0 Å². The van der Waals surface area contributed by atoms with E-state index in [0.29, 0.717) is 23.2 Å². The summed E-state index contributed by atoms with van der Waals surface area (Å²) < 4.78 is 17.4. The molecule has 0 radical (unpaired) electrons. The molecule has 1 aromatic heterocycles. The van der Waals surface area contributed by atoms with Crippen LogP contribution in [0.5, 0.6) is 11.5 Å². The van der Waals surface area contributed by atoms with Gasteiger partial charge in [-0.1, -0.05) is 0 Å². The van der Waals surface area contributed by atoms with E-state index in [1.54, 1.807) is 20.2 Å². The highest BCUT2D eigenvalue weighted by atomic mass is 79.9. The Labute approximate surface area is 182 Å². The van der Waals surface area contributed by atoms with E-state index in [4.69, 9.17) is 14.2 Å². The standard InChI is InChI=1S/C20H24BrN3O4S/c1-3-27-18(25)10-14-12-29-20(23-14)24-22-11-13-8-16(21)19(17(9-13)26-2)28-15-6-4-5-7-15/h8-9,11-12,15H,3-7,10H2,1-2H3,(H,23,24). The number of carbonyl (C=O) groups is 1. The first kappa shape index (κ1) is 21.6. The van der Waals surface area contributed by atoms with Gasteiger partial charge in [0.25, 0.3) is 0 Å². The fourth-order valence-electron chi connectivity index (χ4n) is 3.06. The van der Waals surface area contributed by atoms with Gasteiger partial charge in [0.1, 0.15) is 0 Å². The Hall–Kier alpha value is -2.13. The van der Waals surface area contributed by atoms with Crippen molar-refractivity contribution in [1.82, 2.24) is 4.98 Å². The highest BCUT2D eigenvalue weighted by Gasteiger charge is 2.20. The summed E-state index contributed by atoms with van der Waals surface area (Å²) >= 11 is 4.96. The largest absolute Gasteiger partial charge is 0.493 e. The smallest absolute Gasteiger partial charge is 0.311 e. The number of nitrogens with one attached hydrogen (secondary N) is 1. The van der Waals surface area contributed by atoms with Crippen LogP contribution in [0.2, 0.25) is 0 Å². The van der Waals surface area contributed by atoms with Gasteiger partial charge in [0, 0.05) is 5.38 Å². The molecule has 156 valence electrons. The maximum absolute atomic E-state index is 11.5. The van der Waals surface area contributed by atoms with Crippen LogP contribution in [0.15, 0.2) is 27.1 Å². The van der Waals surface area contributed by atoms with E-state index in [9.17, 15) is 4.79 Å². The highest BCUT2D eigenvalue weighted by Crippen LogP contribution is 2.38. The fraction of sp³-hybridized carbons (Fsp3) is 0.450. The van der Waals surface area contributed by atoms with Crippen molar-refractivity contribution in [1.29, 1.82) is 0 Å². The molecule has 1 fully saturated rings. The lowest BCUT2D eigenvalue weighted by Crippen LogP contribution is -2.12. The van der Waals surface area contributed by atoms with Gasteiger partial charge in [0.15, 0.2) is 11.5 Å². The Morgan fingerprint density at radius 3 is 2.93 bits per heavy atom. The minimum atomic E-state index is -0.287. The van der Waals surface area contributed by atoms with Gasteiger partial charge < -0.3 is 14.2 Å². The molecule has 0 saturated heterocycles. The zero-order chi connectivity index (χ0) is 20.6. The van der Waals surface area contributed by atoms with E-state index in [2.05, 4.69) is 31.4 Å². The molecule has 0 bridgehead atoms. The number of aromatic nitrogens is 1. The minimum absolute atomic E-state index is 0.155. The molecule has 0 spiro atoms. The number of thiazole rings is 1. The number of carbonyl (C=O) groups excluding carboxylic acids is 1. The SMILES string of the molecule is CCOC(=O)Cc1csc(NN=Cc2cc(Br)c(OC3CCCC3)c(OC)c2)n1. The predicted octanol–water partition coefficient (Wildman–Crippen LogP) is 4.79. The molecule has 2 aromatic rings. The molecule has 0 amide bonds. The zero-order valence-electron chi connectivity index (χ0n) is 16.4. The molecule has 29 heavy (non-hydrogen) atoms. The van der Waals surface area contributed by atoms with E-state index in [0.717, 1.165) is 28.6 Å². The molecule has 0 atom stereocenters. The van der Waals surface area contributed by atoms with Crippen LogP contribution < -0.4 is 14.9 Å². The summed E-state index contributed by atoms with van der Waals surface area (Å²) in [5.41, 5.74) is 4.39. The van der Waals surface area contributed by atoms with Gasteiger partial charge in [0.05, 0.1) is 42.6 Å². The highest BCUT2D eigenvalue weighted by molar-refractivity contribution is 9.10. The van der Waals surface area contributed by atoms with E-state index < -0.39 is 0 Å². The van der Waals surface area contributed by atoms with Crippen LogP contribution in [0.1, 0.15) is 43.9 Å². The second-order valence-electron chi connectivity index (χ2n) is 6.55. The predicted molar refractivity (Wildman–Crippen MR) is 117 cm³/mol. The normalized spacial score (nSPS) is 14.3. The van der Waals surface area contributed by atoms with Crippen molar-refractivity contribution < 1.29 is 19.0 Å². The van der Waals surface area contributed by atoms with Crippen LogP contribution in [-0.2, 0) is 16.0 Å². The Kier molecular flexibility index (Phi) is 7.88. The molecule has 1 aliphatic rings. The zero-order valence-corrected chi connectivity index (χ0v) is 18.8. The van der Waals surface area contributed by atoms with Crippen molar-refractivity contribution in [2.75, 3.05) is 19.1 Å².